The zero-order chi connectivity index (χ0) is 21.6. The Bertz CT molecular complexity index is 1000. The monoisotopic (exact) mass is 440 g/mol. The molecule has 3 aromatic rings. The van der Waals surface area contributed by atoms with Crippen molar-refractivity contribution >= 4 is 17.7 Å². The van der Waals surface area contributed by atoms with Crippen LogP contribution in [0.2, 0.25) is 0 Å². The van der Waals surface area contributed by atoms with Gasteiger partial charge in [0.15, 0.2) is 11.0 Å². The van der Waals surface area contributed by atoms with Crippen molar-refractivity contribution < 1.29 is 13.9 Å². The maximum Gasteiger partial charge on any atom is 0.233 e. The van der Waals surface area contributed by atoms with Gasteiger partial charge in [0.1, 0.15) is 5.82 Å². The molecule has 0 bridgehead atoms. The van der Waals surface area contributed by atoms with Crippen LogP contribution in [0.25, 0.3) is 11.4 Å². The molecule has 1 fully saturated rings. The number of ether oxygens (including phenoxy) is 1. The number of thioether (sulfide) groups is 1. The lowest BCUT2D eigenvalue weighted by molar-refractivity contribution is -0.127. The molecule has 1 atom stereocenters. The molecule has 1 aliphatic heterocycles. The van der Waals surface area contributed by atoms with Crippen molar-refractivity contribution in [2.75, 3.05) is 19.4 Å². The number of hydrogen-bond acceptors (Lipinski definition) is 5. The predicted octanol–water partition coefficient (Wildman–Crippen LogP) is 4.01. The molecule has 0 spiro atoms. The zero-order valence-electron chi connectivity index (χ0n) is 17.4. The van der Waals surface area contributed by atoms with Crippen LogP contribution in [-0.2, 0) is 22.6 Å². The van der Waals surface area contributed by atoms with Crippen molar-refractivity contribution in [2.45, 2.75) is 37.2 Å². The average Bonchev–Trinajstić information content (AvgIpc) is 3.44. The highest BCUT2D eigenvalue weighted by Crippen LogP contribution is 2.27. The molecule has 8 heteroatoms. The van der Waals surface area contributed by atoms with Gasteiger partial charge in [0.25, 0.3) is 0 Å². The number of halogens is 1. The van der Waals surface area contributed by atoms with Gasteiger partial charge in [-0.25, -0.2) is 4.39 Å². The van der Waals surface area contributed by atoms with Crippen molar-refractivity contribution in [1.82, 2.24) is 19.7 Å². The lowest BCUT2D eigenvalue weighted by Crippen LogP contribution is -2.28. The van der Waals surface area contributed by atoms with Gasteiger partial charge < -0.3 is 9.64 Å². The molecule has 1 amide bonds. The summed E-state index contributed by atoms with van der Waals surface area (Å²) in [7, 11) is 1.80. The molecule has 2 heterocycles. The van der Waals surface area contributed by atoms with Crippen LogP contribution >= 0.6 is 11.8 Å². The molecule has 31 heavy (non-hydrogen) atoms. The minimum absolute atomic E-state index is 0.0175. The lowest BCUT2D eigenvalue weighted by Gasteiger charge is -2.18. The predicted molar refractivity (Wildman–Crippen MR) is 118 cm³/mol. The standard InChI is InChI=1S/C23H25FN4O2S/c1-27(14-17-6-3-2-4-7-17)21(29)16-31-23-26-25-22(18-9-11-19(24)12-10-18)28(23)15-20-8-5-13-30-20/h2-4,6-7,9-12,20H,5,8,13-16H2,1H3. The van der Waals surface area contributed by atoms with Gasteiger partial charge in [0.2, 0.25) is 5.91 Å². The Balaban J connectivity index is 1.47. The Morgan fingerprint density at radius 2 is 1.97 bits per heavy atom. The van der Waals surface area contributed by atoms with Crippen LogP contribution in [0.1, 0.15) is 18.4 Å². The molecule has 6 nitrogen and oxygen atoms in total. The van der Waals surface area contributed by atoms with E-state index in [1.54, 1.807) is 24.1 Å². The van der Waals surface area contributed by atoms with E-state index in [1.165, 1.54) is 23.9 Å². The van der Waals surface area contributed by atoms with Crippen LogP contribution in [0, 0.1) is 5.82 Å². The quantitative estimate of drug-likeness (QED) is 0.495. The summed E-state index contributed by atoms with van der Waals surface area (Å²) in [6.07, 6.45) is 2.10. The summed E-state index contributed by atoms with van der Waals surface area (Å²) < 4.78 is 21.2. The summed E-state index contributed by atoms with van der Waals surface area (Å²) in [5.74, 6) is 0.638. The smallest absolute Gasteiger partial charge is 0.233 e. The van der Waals surface area contributed by atoms with Crippen LogP contribution in [0.5, 0.6) is 0 Å². The molecular formula is C23H25FN4O2S. The van der Waals surface area contributed by atoms with Crippen LogP contribution < -0.4 is 0 Å². The van der Waals surface area contributed by atoms with E-state index in [9.17, 15) is 9.18 Å². The second-order valence-corrected chi connectivity index (χ2v) is 8.53. The van der Waals surface area contributed by atoms with Gasteiger partial charge in [-0.3, -0.25) is 9.36 Å². The Kier molecular flexibility index (Phi) is 6.99. The normalized spacial score (nSPS) is 15.9. The van der Waals surface area contributed by atoms with Crippen LogP contribution in [0.15, 0.2) is 59.8 Å². The highest BCUT2D eigenvalue weighted by atomic mass is 32.2. The molecule has 1 unspecified atom stereocenters. The van der Waals surface area contributed by atoms with Crippen LogP contribution in [-0.4, -0.2) is 51.1 Å². The van der Waals surface area contributed by atoms with Gasteiger partial charge in [-0.15, -0.1) is 10.2 Å². The van der Waals surface area contributed by atoms with Crippen molar-refractivity contribution in [2.24, 2.45) is 0 Å². The van der Waals surface area contributed by atoms with E-state index in [0.717, 1.165) is 30.6 Å². The number of hydrogen-bond donors (Lipinski definition) is 0. The van der Waals surface area contributed by atoms with E-state index < -0.39 is 0 Å². The van der Waals surface area contributed by atoms with Crippen molar-refractivity contribution in [3.8, 4) is 11.4 Å². The van der Waals surface area contributed by atoms with E-state index in [4.69, 9.17) is 4.74 Å². The minimum Gasteiger partial charge on any atom is -0.376 e. The first-order chi connectivity index (χ1) is 15.1. The highest BCUT2D eigenvalue weighted by molar-refractivity contribution is 7.99. The highest BCUT2D eigenvalue weighted by Gasteiger charge is 2.22. The second-order valence-electron chi connectivity index (χ2n) is 7.58. The minimum atomic E-state index is -0.296. The average molecular weight is 441 g/mol. The van der Waals surface area contributed by atoms with Gasteiger partial charge in [-0.05, 0) is 42.7 Å². The number of aromatic nitrogens is 3. The van der Waals surface area contributed by atoms with Crippen molar-refractivity contribution in [3.63, 3.8) is 0 Å². The summed E-state index contributed by atoms with van der Waals surface area (Å²) in [5, 5.41) is 9.33. The Morgan fingerprint density at radius 3 is 2.68 bits per heavy atom. The SMILES string of the molecule is CN(Cc1ccccc1)C(=O)CSc1nnc(-c2ccc(F)cc2)n1CC1CCCO1. The fraction of sp³-hybridized carbons (Fsp3) is 0.348. The summed E-state index contributed by atoms with van der Waals surface area (Å²) in [6, 6.07) is 16.1. The first-order valence-corrected chi connectivity index (χ1v) is 11.3. The molecule has 1 aromatic heterocycles. The molecule has 1 saturated heterocycles. The number of amides is 1. The Morgan fingerprint density at radius 1 is 1.19 bits per heavy atom. The molecule has 0 N–H and O–H groups in total. The summed E-state index contributed by atoms with van der Waals surface area (Å²) in [6.45, 7) is 1.92. The molecule has 0 aliphatic carbocycles. The molecule has 162 valence electrons. The van der Waals surface area contributed by atoms with E-state index in [2.05, 4.69) is 10.2 Å². The topological polar surface area (TPSA) is 60.2 Å². The first kappa shape index (κ1) is 21.5. The van der Waals surface area contributed by atoms with Gasteiger partial charge >= 0.3 is 0 Å². The lowest BCUT2D eigenvalue weighted by atomic mass is 10.2. The van der Waals surface area contributed by atoms with Gasteiger partial charge in [-0.2, -0.15) is 0 Å². The molecule has 0 saturated carbocycles. The number of rotatable bonds is 8. The number of carbonyl (C=O) groups is 1. The van der Waals surface area contributed by atoms with E-state index in [-0.39, 0.29) is 23.6 Å². The fourth-order valence-electron chi connectivity index (χ4n) is 3.55. The summed E-state index contributed by atoms with van der Waals surface area (Å²) >= 11 is 1.36. The first-order valence-electron chi connectivity index (χ1n) is 10.3. The fourth-order valence-corrected chi connectivity index (χ4v) is 4.43. The van der Waals surface area contributed by atoms with Gasteiger partial charge in [0.05, 0.1) is 18.4 Å². The number of benzene rings is 2. The van der Waals surface area contributed by atoms with E-state index in [1.807, 2.05) is 34.9 Å². The third-order valence-corrected chi connectivity index (χ3v) is 6.19. The third-order valence-electron chi connectivity index (χ3n) is 5.24. The Hall–Kier alpha value is -2.71. The maximum absolute atomic E-state index is 13.4. The second kappa shape index (κ2) is 10.1. The van der Waals surface area contributed by atoms with Crippen LogP contribution in [0.3, 0.4) is 0 Å². The zero-order valence-corrected chi connectivity index (χ0v) is 18.2. The molecule has 0 radical (unpaired) electrons. The molecule has 2 aromatic carbocycles. The van der Waals surface area contributed by atoms with E-state index >= 15 is 0 Å². The molecular weight excluding hydrogens is 415 g/mol. The summed E-state index contributed by atoms with van der Waals surface area (Å²) in [4.78, 5) is 14.4. The number of nitrogens with zero attached hydrogens (tertiary/aromatic N) is 4. The van der Waals surface area contributed by atoms with Crippen molar-refractivity contribution in [3.05, 3.63) is 66.0 Å². The van der Waals surface area contributed by atoms with E-state index in [0.29, 0.717) is 24.1 Å². The molecule has 4 rings (SSSR count). The maximum atomic E-state index is 13.4. The third kappa shape index (κ3) is 5.51. The van der Waals surface area contributed by atoms with Crippen molar-refractivity contribution in [1.29, 1.82) is 0 Å². The largest absolute Gasteiger partial charge is 0.376 e. The van der Waals surface area contributed by atoms with Gasteiger partial charge in [-0.1, -0.05) is 42.1 Å². The number of carbonyl (C=O) groups excluding carboxylic acids is 1. The summed E-state index contributed by atoms with van der Waals surface area (Å²) in [5.41, 5.74) is 1.87. The molecule has 1 aliphatic rings. The van der Waals surface area contributed by atoms with Crippen LogP contribution in [0.4, 0.5) is 4.39 Å². The Labute approximate surface area is 185 Å². The van der Waals surface area contributed by atoms with Gasteiger partial charge in [0, 0.05) is 25.8 Å².